The van der Waals surface area contributed by atoms with E-state index in [1.807, 2.05) is 20.8 Å². The minimum atomic E-state index is -0.885. The summed E-state index contributed by atoms with van der Waals surface area (Å²) in [6.07, 6.45) is 0.455. The molecule has 0 bridgehead atoms. The van der Waals surface area contributed by atoms with Crippen LogP contribution >= 0.6 is 0 Å². The quantitative estimate of drug-likeness (QED) is 0.700. The maximum atomic E-state index is 11.5. The highest BCUT2D eigenvalue weighted by Gasteiger charge is 2.48. The summed E-state index contributed by atoms with van der Waals surface area (Å²) < 4.78 is 5.42. The fourth-order valence-corrected chi connectivity index (χ4v) is 1.63. The van der Waals surface area contributed by atoms with E-state index in [0.717, 1.165) is 0 Å². The molecule has 2 unspecified atom stereocenters. The predicted octanol–water partition coefficient (Wildman–Crippen LogP) is 0.638. The van der Waals surface area contributed by atoms with Crippen molar-refractivity contribution in [3.63, 3.8) is 0 Å². The largest absolute Gasteiger partial charge is 0.481 e. The molecule has 92 valence electrons. The van der Waals surface area contributed by atoms with Gasteiger partial charge < -0.3 is 15.2 Å². The Hall–Kier alpha value is -1.10. The number of amides is 1. The summed E-state index contributed by atoms with van der Waals surface area (Å²) in [4.78, 5) is 22.1. The van der Waals surface area contributed by atoms with Crippen LogP contribution in [-0.2, 0) is 14.3 Å². The molecule has 1 aliphatic rings. The number of carbonyl (C=O) groups is 2. The number of nitrogens with one attached hydrogen (secondary N) is 1. The monoisotopic (exact) mass is 229 g/mol. The lowest BCUT2D eigenvalue weighted by Crippen LogP contribution is -2.41. The van der Waals surface area contributed by atoms with E-state index in [1.54, 1.807) is 0 Å². The van der Waals surface area contributed by atoms with Crippen molar-refractivity contribution in [3.8, 4) is 0 Å². The highest BCUT2D eigenvalue weighted by Crippen LogP contribution is 2.38. The van der Waals surface area contributed by atoms with Crippen LogP contribution in [0.2, 0.25) is 0 Å². The summed E-state index contributed by atoms with van der Waals surface area (Å²) >= 11 is 0. The fraction of sp³-hybridized carbons (Fsp3) is 0.818. The van der Waals surface area contributed by atoms with Gasteiger partial charge in [-0.05, 0) is 27.2 Å². The molecule has 1 fully saturated rings. The minimum Gasteiger partial charge on any atom is -0.481 e. The number of hydrogen-bond acceptors (Lipinski definition) is 3. The van der Waals surface area contributed by atoms with Gasteiger partial charge in [0.25, 0.3) is 0 Å². The average molecular weight is 229 g/mol. The van der Waals surface area contributed by atoms with E-state index >= 15 is 0 Å². The van der Waals surface area contributed by atoms with Crippen LogP contribution in [0.1, 0.15) is 27.2 Å². The van der Waals surface area contributed by atoms with Crippen LogP contribution in [-0.4, -0.2) is 35.7 Å². The van der Waals surface area contributed by atoms with Crippen LogP contribution in [0.15, 0.2) is 0 Å². The molecular weight excluding hydrogens is 210 g/mol. The SMILES string of the molecule is CCOC(C)(C)CNC(=O)C1CC1C(=O)O. The Morgan fingerprint density at radius 2 is 2.06 bits per heavy atom. The highest BCUT2D eigenvalue weighted by atomic mass is 16.5. The lowest BCUT2D eigenvalue weighted by molar-refractivity contribution is -0.140. The number of carbonyl (C=O) groups excluding carboxylic acids is 1. The topological polar surface area (TPSA) is 75.6 Å². The summed E-state index contributed by atoms with van der Waals surface area (Å²) in [6.45, 7) is 6.66. The molecule has 1 saturated carbocycles. The van der Waals surface area contributed by atoms with E-state index in [-0.39, 0.29) is 11.8 Å². The summed E-state index contributed by atoms with van der Waals surface area (Å²) in [7, 11) is 0. The number of carboxylic acids is 1. The Balaban J connectivity index is 2.29. The normalized spacial score (nSPS) is 23.9. The zero-order chi connectivity index (χ0) is 12.3. The molecule has 0 aromatic heterocycles. The number of aliphatic carboxylic acids is 1. The molecule has 0 aromatic carbocycles. The van der Waals surface area contributed by atoms with E-state index in [0.29, 0.717) is 19.6 Å². The minimum absolute atomic E-state index is 0.180. The van der Waals surface area contributed by atoms with Gasteiger partial charge in [-0.1, -0.05) is 0 Å². The third-order valence-corrected chi connectivity index (χ3v) is 2.67. The molecule has 2 N–H and O–H groups in total. The van der Waals surface area contributed by atoms with Crippen molar-refractivity contribution < 1.29 is 19.4 Å². The number of carboxylic acid groups (broad SMARTS) is 1. The second kappa shape index (κ2) is 4.82. The van der Waals surface area contributed by atoms with Crippen molar-refractivity contribution in [3.05, 3.63) is 0 Å². The molecule has 5 nitrogen and oxygen atoms in total. The molecule has 5 heteroatoms. The molecule has 16 heavy (non-hydrogen) atoms. The Labute approximate surface area is 95.2 Å². The number of ether oxygens (including phenoxy) is 1. The van der Waals surface area contributed by atoms with Gasteiger partial charge in [0.1, 0.15) is 0 Å². The van der Waals surface area contributed by atoms with Crippen molar-refractivity contribution in [1.29, 1.82) is 0 Å². The average Bonchev–Trinajstić information content (AvgIpc) is 2.93. The molecule has 0 aromatic rings. The molecule has 1 rings (SSSR count). The molecule has 1 aliphatic carbocycles. The number of hydrogen-bond donors (Lipinski definition) is 2. The van der Waals surface area contributed by atoms with Gasteiger partial charge in [-0.3, -0.25) is 9.59 Å². The van der Waals surface area contributed by atoms with E-state index in [9.17, 15) is 9.59 Å². The standard InChI is InChI=1S/C11H19NO4/c1-4-16-11(2,3)6-12-9(13)7-5-8(7)10(14)15/h7-8H,4-6H2,1-3H3,(H,12,13)(H,14,15). The van der Waals surface area contributed by atoms with Gasteiger partial charge in [0, 0.05) is 13.2 Å². The van der Waals surface area contributed by atoms with Crippen molar-refractivity contribution in [2.45, 2.75) is 32.8 Å². The lowest BCUT2D eigenvalue weighted by Gasteiger charge is -2.24. The molecule has 0 saturated heterocycles. The molecular formula is C11H19NO4. The maximum absolute atomic E-state index is 11.5. The smallest absolute Gasteiger partial charge is 0.307 e. The van der Waals surface area contributed by atoms with Crippen LogP contribution in [0.3, 0.4) is 0 Å². The van der Waals surface area contributed by atoms with Crippen LogP contribution in [0.4, 0.5) is 0 Å². The first-order valence-corrected chi connectivity index (χ1v) is 5.52. The zero-order valence-corrected chi connectivity index (χ0v) is 9.95. The summed E-state index contributed by atoms with van der Waals surface area (Å²) in [5.74, 6) is -1.91. The Kier molecular flexibility index (Phi) is 3.91. The third kappa shape index (κ3) is 3.48. The summed E-state index contributed by atoms with van der Waals surface area (Å²) in [6, 6.07) is 0. The molecule has 0 aliphatic heterocycles. The Morgan fingerprint density at radius 3 is 2.50 bits per heavy atom. The van der Waals surface area contributed by atoms with Crippen molar-refractivity contribution >= 4 is 11.9 Å². The van der Waals surface area contributed by atoms with E-state index in [4.69, 9.17) is 9.84 Å². The van der Waals surface area contributed by atoms with Crippen LogP contribution in [0, 0.1) is 11.8 Å². The summed E-state index contributed by atoms with van der Waals surface area (Å²) in [5, 5.41) is 11.4. The molecule has 0 heterocycles. The van der Waals surface area contributed by atoms with Gasteiger partial charge in [0.15, 0.2) is 0 Å². The third-order valence-electron chi connectivity index (χ3n) is 2.67. The van der Waals surface area contributed by atoms with Gasteiger partial charge in [-0.15, -0.1) is 0 Å². The van der Waals surface area contributed by atoms with E-state index in [1.165, 1.54) is 0 Å². The van der Waals surface area contributed by atoms with Gasteiger partial charge in [0.2, 0.25) is 5.91 Å². The predicted molar refractivity (Wildman–Crippen MR) is 57.9 cm³/mol. The second-order valence-corrected chi connectivity index (χ2v) is 4.70. The van der Waals surface area contributed by atoms with Crippen LogP contribution < -0.4 is 5.32 Å². The molecule has 0 spiro atoms. The van der Waals surface area contributed by atoms with Crippen LogP contribution in [0.5, 0.6) is 0 Å². The highest BCUT2D eigenvalue weighted by molar-refractivity contribution is 5.89. The maximum Gasteiger partial charge on any atom is 0.307 e. The van der Waals surface area contributed by atoms with E-state index in [2.05, 4.69) is 5.32 Å². The van der Waals surface area contributed by atoms with Gasteiger partial charge in [0.05, 0.1) is 17.4 Å². The first-order valence-electron chi connectivity index (χ1n) is 5.52. The van der Waals surface area contributed by atoms with Gasteiger partial charge >= 0.3 is 5.97 Å². The van der Waals surface area contributed by atoms with Crippen molar-refractivity contribution in [2.75, 3.05) is 13.2 Å². The Morgan fingerprint density at radius 1 is 1.44 bits per heavy atom. The zero-order valence-electron chi connectivity index (χ0n) is 9.95. The fourth-order valence-electron chi connectivity index (χ4n) is 1.63. The second-order valence-electron chi connectivity index (χ2n) is 4.70. The summed E-state index contributed by atoms with van der Waals surface area (Å²) in [5.41, 5.74) is -0.405. The lowest BCUT2D eigenvalue weighted by atomic mass is 10.1. The first-order chi connectivity index (χ1) is 7.37. The molecule has 1 amide bonds. The van der Waals surface area contributed by atoms with Crippen molar-refractivity contribution in [2.24, 2.45) is 11.8 Å². The Bertz CT molecular complexity index is 288. The first kappa shape index (κ1) is 13.0. The van der Waals surface area contributed by atoms with Crippen molar-refractivity contribution in [1.82, 2.24) is 5.32 Å². The molecule has 0 radical (unpaired) electrons. The van der Waals surface area contributed by atoms with Gasteiger partial charge in [-0.2, -0.15) is 0 Å². The van der Waals surface area contributed by atoms with E-state index < -0.39 is 17.5 Å². The number of rotatable bonds is 6. The van der Waals surface area contributed by atoms with Gasteiger partial charge in [-0.25, -0.2) is 0 Å². The molecule has 2 atom stereocenters. The van der Waals surface area contributed by atoms with Crippen LogP contribution in [0.25, 0.3) is 0 Å².